The summed E-state index contributed by atoms with van der Waals surface area (Å²) in [5.74, 6) is -0.185. The molecule has 0 amide bonds. The smallest absolute Gasteiger partial charge is 0.320 e. The number of ether oxygens (including phenoxy) is 1. The quantitative estimate of drug-likeness (QED) is 0.569. The molecule has 28 heavy (non-hydrogen) atoms. The second kappa shape index (κ2) is 8.72. The van der Waals surface area contributed by atoms with Gasteiger partial charge in [0, 0.05) is 0 Å². The Morgan fingerprint density at radius 1 is 1.25 bits per heavy atom. The summed E-state index contributed by atoms with van der Waals surface area (Å²) >= 11 is 0. The minimum Gasteiger partial charge on any atom is -0.497 e. The van der Waals surface area contributed by atoms with Gasteiger partial charge in [0.05, 0.1) is 29.3 Å². The van der Waals surface area contributed by atoms with Gasteiger partial charge in [-0.15, -0.1) is 0 Å². The van der Waals surface area contributed by atoms with E-state index in [1.165, 1.54) is 4.68 Å². The van der Waals surface area contributed by atoms with Crippen LogP contribution in [0.1, 0.15) is 11.1 Å². The minimum absolute atomic E-state index is 0.187. The average Bonchev–Trinajstić information content (AvgIpc) is 3.18. The van der Waals surface area contributed by atoms with Crippen molar-refractivity contribution >= 4 is 16.8 Å². The molecule has 1 unspecified atom stereocenters. The van der Waals surface area contributed by atoms with Gasteiger partial charge in [-0.3, -0.25) is 9.00 Å². The highest BCUT2D eigenvalue weighted by atomic mass is 32.2. The predicted molar refractivity (Wildman–Crippen MR) is 102 cm³/mol. The van der Waals surface area contributed by atoms with E-state index in [0.29, 0.717) is 11.4 Å². The maximum atomic E-state index is 12.8. The van der Waals surface area contributed by atoms with Crippen LogP contribution in [0.2, 0.25) is 0 Å². The molecule has 3 rings (SSSR count). The molecule has 1 aromatic heterocycles. The maximum Gasteiger partial charge on any atom is 0.320 e. The summed E-state index contributed by atoms with van der Waals surface area (Å²) in [6.07, 6.45) is 0.194. The van der Waals surface area contributed by atoms with Crippen LogP contribution in [0.3, 0.4) is 0 Å². The van der Waals surface area contributed by atoms with Crippen molar-refractivity contribution < 1.29 is 18.8 Å². The Morgan fingerprint density at radius 2 is 1.96 bits per heavy atom. The fraction of sp³-hybridized carbons (Fsp3) is 0.222. The Morgan fingerprint density at radius 3 is 2.64 bits per heavy atom. The number of nitrogens with two attached hydrogens (primary N) is 1. The number of carboxylic acids is 1. The monoisotopic (exact) mass is 401 g/mol. The van der Waals surface area contributed by atoms with Crippen LogP contribution in [-0.2, 0) is 27.8 Å². The van der Waals surface area contributed by atoms with Gasteiger partial charge in [0.15, 0.2) is 0 Å². The van der Waals surface area contributed by atoms with Crippen LogP contribution >= 0.6 is 0 Å². The molecule has 10 heteroatoms. The summed E-state index contributed by atoms with van der Waals surface area (Å²) in [6, 6.07) is 13.3. The summed E-state index contributed by atoms with van der Waals surface area (Å²) in [6.45, 7) is 0. The molecule has 0 spiro atoms. The number of hydrogen-bond donors (Lipinski definition) is 2. The molecule has 3 aromatic rings. The van der Waals surface area contributed by atoms with Crippen molar-refractivity contribution in [2.75, 3.05) is 7.11 Å². The zero-order valence-electron chi connectivity index (χ0n) is 15.1. The molecule has 0 bridgehead atoms. The van der Waals surface area contributed by atoms with Crippen molar-refractivity contribution in [1.82, 2.24) is 20.2 Å². The van der Waals surface area contributed by atoms with Crippen molar-refractivity contribution in [3.63, 3.8) is 0 Å². The molecular formula is C18H19N5O4S. The van der Waals surface area contributed by atoms with Crippen molar-refractivity contribution in [2.45, 2.75) is 23.4 Å². The van der Waals surface area contributed by atoms with Crippen LogP contribution in [0.5, 0.6) is 5.75 Å². The number of aromatic nitrogens is 4. The number of hydrogen-bond acceptors (Lipinski definition) is 7. The number of nitrogens with zero attached hydrogens (tertiary/aromatic N) is 4. The molecule has 9 nitrogen and oxygen atoms in total. The van der Waals surface area contributed by atoms with Gasteiger partial charge < -0.3 is 15.6 Å². The van der Waals surface area contributed by atoms with E-state index in [9.17, 15) is 9.00 Å². The fourth-order valence-electron chi connectivity index (χ4n) is 2.61. The van der Waals surface area contributed by atoms with E-state index in [1.54, 1.807) is 49.6 Å². The number of rotatable bonds is 8. The van der Waals surface area contributed by atoms with E-state index in [2.05, 4.69) is 15.5 Å². The van der Waals surface area contributed by atoms with Gasteiger partial charge in [-0.25, -0.2) is 0 Å². The largest absolute Gasteiger partial charge is 0.497 e. The first-order chi connectivity index (χ1) is 13.5. The van der Waals surface area contributed by atoms with Crippen LogP contribution in [0.4, 0.5) is 0 Å². The average molecular weight is 401 g/mol. The molecule has 0 aliphatic carbocycles. The Bertz CT molecular complexity index is 990. The number of benzene rings is 2. The highest BCUT2D eigenvalue weighted by Gasteiger charge is 2.17. The van der Waals surface area contributed by atoms with Gasteiger partial charge in [-0.05, 0) is 52.2 Å². The molecule has 146 valence electrons. The summed E-state index contributed by atoms with van der Waals surface area (Å²) in [4.78, 5) is 10.9. The summed E-state index contributed by atoms with van der Waals surface area (Å²) in [7, 11) is 0.0692. The number of carboxylic acid groups (broad SMARTS) is 1. The van der Waals surface area contributed by atoms with Crippen LogP contribution in [-0.4, -0.2) is 48.6 Å². The Kier molecular flexibility index (Phi) is 6.12. The number of carbonyl (C=O) groups is 1. The number of aliphatic carboxylic acids is 1. The van der Waals surface area contributed by atoms with E-state index >= 15 is 0 Å². The molecule has 0 saturated carbocycles. The SMILES string of the molecule is COc1ccc(-n2nnnc2S(=O)Cc2cccc(C[C@H](N)C(=O)O)c2)cc1. The van der Waals surface area contributed by atoms with E-state index in [0.717, 1.165) is 11.1 Å². The van der Waals surface area contributed by atoms with Gasteiger partial charge in [0.2, 0.25) is 5.16 Å². The van der Waals surface area contributed by atoms with E-state index in [-0.39, 0.29) is 17.3 Å². The zero-order chi connectivity index (χ0) is 20.1. The second-order valence-electron chi connectivity index (χ2n) is 6.03. The number of tetrazole rings is 1. The molecule has 2 aromatic carbocycles. The lowest BCUT2D eigenvalue weighted by Gasteiger charge is -2.09. The van der Waals surface area contributed by atoms with E-state index in [1.807, 2.05) is 6.07 Å². The second-order valence-corrected chi connectivity index (χ2v) is 7.37. The topological polar surface area (TPSA) is 133 Å². The highest BCUT2D eigenvalue weighted by molar-refractivity contribution is 7.84. The minimum atomic E-state index is -1.50. The molecule has 0 radical (unpaired) electrons. The Labute approximate surface area is 163 Å². The van der Waals surface area contributed by atoms with Crippen molar-refractivity contribution in [2.24, 2.45) is 5.73 Å². The zero-order valence-corrected chi connectivity index (χ0v) is 15.9. The first kappa shape index (κ1) is 19.6. The van der Waals surface area contributed by atoms with Crippen LogP contribution in [0.25, 0.3) is 5.69 Å². The molecule has 0 fully saturated rings. The van der Waals surface area contributed by atoms with Crippen molar-refractivity contribution in [1.29, 1.82) is 0 Å². The van der Waals surface area contributed by atoms with E-state index in [4.69, 9.17) is 15.6 Å². The lowest BCUT2D eigenvalue weighted by Crippen LogP contribution is -2.32. The molecule has 0 aliphatic heterocycles. The van der Waals surface area contributed by atoms with Gasteiger partial charge in [-0.2, -0.15) is 4.68 Å². The lowest BCUT2D eigenvalue weighted by molar-refractivity contribution is -0.138. The summed E-state index contributed by atoms with van der Waals surface area (Å²) in [5.41, 5.74) is 7.78. The maximum absolute atomic E-state index is 12.8. The fourth-order valence-corrected chi connectivity index (χ4v) is 3.68. The van der Waals surface area contributed by atoms with Gasteiger partial charge in [0.1, 0.15) is 11.8 Å². The molecular weight excluding hydrogens is 382 g/mol. The molecule has 0 saturated heterocycles. The third-order valence-corrected chi connectivity index (χ3v) is 5.28. The summed E-state index contributed by atoms with van der Waals surface area (Å²) in [5, 5.41) is 20.6. The third-order valence-electron chi connectivity index (χ3n) is 4.02. The van der Waals surface area contributed by atoms with Crippen LogP contribution < -0.4 is 10.5 Å². The van der Waals surface area contributed by atoms with Gasteiger partial charge in [0.25, 0.3) is 0 Å². The van der Waals surface area contributed by atoms with Crippen molar-refractivity contribution in [3.8, 4) is 11.4 Å². The Balaban J connectivity index is 1.77. The number of methoxy groups -OCH3 is 1. The lowest BCUT2D eigenvalue weighted by atomic mass is 10.0. The molecule has 3 N–H and O–H groups in total. The molecule has 0 aliphatic rings. The van der Waals surface area contributed by atoms with Gasteiger partial charge in [-0.1, -0.05) is 29.4 Å². The van der Waals surface area contributed by atoms with Crippen LogP contribution in [0.15, 0.2) is 53.7 Å². The normalized spacial score (nSPS) is 13.1. The Hall–Kier alpha value is -3.11. The standard InChI is InChI=1S/C18H19N5O4S/c1-27-15-7-5-14(6-8-15)23-18(20-21-22-23)28(26)11-13-4-2-3-12(9-13)10-16(19)17(24)25/h2-9,16H,10-11,19H2,1H3,(H,24,25)/t16-,28?/m0/s1. The first-order valence-corrected chi connectivity index (χ1v) is 9.67. The van der Waals surface area contributed by atoms with Crippen molar-refractivity contribution in [3.05, 3.63) is 59.7 Å². The first-order valence-electron chi connectivity index (χ1n) is 8.35. The summed E-state index contributed by atoms with van der Waals surface area (Å²) < 4.78 is 19.4. The van der Waals surface area contributed by atoms with E-state index < -0.39 is 22.8 Å². The molecule has 2 atom stereocenters. The molecule has 1 heterocycles. The highest BCUT2D eigenvalue weighted by Crippen LogP contribution is 2.18. The predicted octanol–water partition coefficient (Wildman–Crippen LogP) is 0.933. The van der Waals surface area contributed by atoms with Gasteiger partial charge >= 0.3 is 5.97 Å². The van der Waals surface area contributed by atoms with Crippen LogP contribution in [0, 0.1) is 0 Å². The third kappa shape index (κ3) is 4.59.